The first kappa shape index (κ1) is 20.2. The Hall–Kier alpha value is -2.57. The van der Waals surface area contributed by atoms with E-state index in [9.17, 15) is 9.59 Å². The highest BCUT2D eigenvalue weighted by atomic mass is 35.5. The number of amides is 2. The minimum absolute atomic E-state index is 0.183. The Bertz CT molecular complexity index is 931. The number of ether oxygens (including phenoxy) is 1. The van der Waals surface area contributed by atoms with Gasteiger partial charge in [0.05, 0.1) is 19.3 Å². The molecule has 0 spiro atoms. The van der Waals surface area contributed by atoms with Gasteiger partial charge in [-0.2, -0.15) is 0 Å². The molecule has 1 heterocycles. The number of carbonyl (C=O) groups excluding carboxylic acids is 2. The van der Waals surface area contributed by atoms with Gasteiger partial charge in [-0.05, 0) is 29.3 Å². The SMILES string of the molecule is COC(=O)[C@H](Cc1ccc(Cl)cc1Cl)NC(=O)NCC1=Nc2ccccc2C1. The molecule has 1 atom stereocenters. The molecular formula is C20H19Cl2N3O3. The van der Waals surface area contributed by atoms with Crippen molar-refractivity contribution < 1.29 is 14.3 Å². The number of halogens is 2. The van der Waals surface area contributed by atoms with Gasteiger partial charge in [0, 0.05) is 28.6 Å². The standard InChI is InChI=1S/C20H19Cl2N3O3/c1-28-19(26)18(9-12-6-7-14(21)10-16(12)22)25-20(27)23-11-15-8-13-4-2-3-5-17(13)24-15/h2-7,10,18H,8-9,11H2,1H3,(H2,23,25,27)/t18-/m0/s1. The second kappa shape index (κ2) is 9.08. The van der Waals surface area contributed by atoms with Gasteiger partial charge in [-0.3, -0.25) is 4.99 Å². The summed E-state index contributed by atoms with van der Waals surface area (Å²) in [6.45, 7) is 0.288. The van der Waals surface area contributed by atoms with Crippen LogP contribution in [0.15, 0.2) is 47.5 Å². The van der Waals surface area contributed by atoms with Gasteiger partial charge in [0.25, 0.3) is 0 Å². The van der Waals surface area contributed by atoms with Crippen LogP contribution in [0.1, 0.15) is 11.1 Å². The van der Waals surface area contributed by atoms with Gasteiger partial charge in [-0.1, -0.05) is 47.5 Å². The molecule has 1 aliphatic rings. The molecule has 28 heavy (non-hydrogen) atoms. The Morgan fingerprint density at radius 3 is 2.71 bits per heavy atom. The lowest BCUT2D eigenvalue weighted by Gasteiger charge is -2.18. The molecule has 0 radical (unpaired) electrons. The first-order valence-corrected chi connectivity index (χ1v) is 9.42. The number of aliphatic imine (C=N–C) groups is 1. The van der Waals surface area contributed by atoms with Crippen LogP contribution in [-0.4, -0.2) is 37.4 Å². The number of hydrogen-bond donors (Lipinski definition) is 2. The van der Waals surface area contributed by atoms with Crippen molar-refractivity contribution in [2.75, 3.05) is 13.7 Å². The van der Waals surface area contributed by atoms with E-state index in [1.54, 1.807) is 18.2 Å². The minimum Gasteiger partial charge on any atom is -0.467 e. The number of fused-ring (bicyclic) bond motifs is 1. The molecule has 0 aliphatic carbocycles. The van der Waals surface area contributed by atoms with Gasteiger partial charge in [0.15, 0.2) is 0 Å². The fraction of sp³-hybridized carbons (Fsp3) is 0.250. The highest BCUT2D eigenvalue weighted by molar-refractivity contribution is 6.35. The first-order valence-electron chi connectivity index (χ1n) is 8.66. The summed E-state index contributed by atoms with van der Waals surface area (Å²) in [5.74, 6) is -0.563. The molecular weight excluding hydrogens is 401 g/mol. The molecule has 6 nitrogen and oxygen atoms in total. The maximum Gasteiger partial charge on any atom is 0.328 e. The van der Waals surface area contributed by atoms with Crippen LogP contribution in [0.4, 0.5) is 10.5 Å². The summed E-state index contributed by atoms with van der Waals surface area (Å²) in [6.07, 6.45) is 0.875. The van der Waals surface area contributed by atoms with Crippen LogP contribution < -0.4 is 10.6 Å². The second-order valence-corrected chi connectivity index (χ2v) is 7.17. The summed E-state index contributed by atoms with van der Waals surface area (Å²) in [5.41, 5.74) is 3.58. The van der Waals surface area contributed by atoms with Gasteiger partial charge >= 0.3 is 12.0 Å². The molecule has 0 bridgehead atoms. The molecule has 3 rings (SSSR count). The summed E-state index contributed by atoms with van der Waals surface area (Å²) in [7, 11) is 1.27. The number of urea groups is 1. The molecule has 0 saturated carbocycles. The molecule has 2 aromatic carbocycles. The van der Waals surface area contributed by atoms with E-state index in [1.165, 1.54) is 7.11 Å². The maximum absolute atomic E-state index is 12.3. The first-order chi connectivity index (χ1) is 13.5. The average molecular weight is 420 g/mol. The van der Waals surface area contributed by atoms with E-state index in [-0.39, 0.29) is 13.0 Å². The highest BCUT2D eigenvalue weighted by Gasteiger charge is 2.23. The summed E-state index contributed by atoms with van der Waals surface area (Å²) in [4.78, 5) is 28.9. The lowest BCUT2D eigenvalue weighted by molar-refractivity contribution is -0.142. The zero-order chi connectivity index (χ0) is 20.1. The maximum atomic E-state index is 12.3. The van der Waals surface area contributed by atoms with Crippen molar-refractivity contribution in [3.05, 3.63) is 63.6 Å². The fourth-order valence-electron chi connectivity index (χ4n) is 2.94. The average Bonchev–Trinajstić information content (AvgIpc) is 3.10. The number of carbonyl (C=O) groups is 2. The zero-order valence-corrected chi connectivity index (χ0v) is 16.7. The van der Waals surface area contributed by atoms with Crippen molar-refractivity contribution in [1.29, 1.82) is 0 Å². The Morgan fingerprint density at radius 1 is 1.21 bits per heavy atom. The summed E-state index contributed by atoms with van der Waals surface area (Å²) >= 11 is 12.1. The molecule has 2 aromatic rings. The predicted octanol–water partition coefficient (Wildman–Crippen LogP) is 3.71. The summed E-state index contributed by atoms with van der Waals surface area (Å²) in [6, 6.07) is 11.4. The van der Waals surface area contributed by atoms with E-state index in [0.29, 0.717) is 22.0 Å². The third-order valence-corrected chi connectivity index (χ3v) is 4.93. The fourth-order valence-corrected chi connectivity index (χ4v) is 3.42. The molecule has 146 valence electrons. The van der Waals surface area contributed by atoms with Gasteiger partial charge in [-0.25, -0.2) is 9.59 Å². The van der Waals surface area contributed by atoms with Crippen LogP contribution in [0.2, 0.25) is 10.0 Å². The topological polar surface area (TPSA) is 79.8 Å². The van der Waals surface area contributed by atoms with E-state index in [0.717, 1.165) is 17.0 Å². The van der Waals surface area contributed by atoms with Crippen molar-refractivity contribution in [3.63, 3.8) is 0 Å². The van der Waals surface area contributed by atoms with Crippen molar-refractivity contribution in [3.8, 4) is 0 Å². The third kappa shape index (κ3) is 5.03. The normalized spacial score (nSPS) is 13.3. The molecule has 8 heteroatoms. The smallest absolute Gasteiger partial charge is 0.328 e. The van der Waals surface area contributed by atoms with E-state index < -0.39 is 18.0 Å². The molecule has 0 unspecified atom stereocenters. The Morgan fingerprint density at radius 2 is 2.00 bits per heavy atom. The van der Waals surface area contributed by atoms with Crippen molar-refractivity contribution in [2.45, 2.75) is 18.9 Å². The monoisotopic (exact) mass is 419 g/mol. The largest absolute Gasteiger partial charge is 0.467 e. The molecule has 0 aromatic heterocycles. The second-order valence-electron chi connectivity index (χ2n) is 6.33. The highest BCUT2D eigenvalue weighted by Crippen LogP contribution is 2.25. The summed E-state index contributed by atoms with van der Waals surface area (Å²) in [5, 5.41) is 6.28. The van der Waals surface area contributed by atoms with Crippen LogP contribution in [0.25, 0.3) is 0 Å². The number of para-hydroxylation sites is 1. The van der Waals surface area contributed by atoms with E-state index in [4.69, 9.17) is 27.9 Å². The van der Waals surface area contributed by atoms with E-state index in [1.807, 2.05) is 24.3 Å². The van der Waals surface area contributed by atoms with Gasteiger partial charge in [0.1, 0.15) is 6.04 Å². The Kier molecular flexibility index (Phi) is 6.54. The van der Waals surface area contributed by atoms with Gasteiger partial charge in [0.2, 0.25) is 0 Å². The number of hydrogen-bond acceptors (Lipinski definition) is 4. The number of methoxy groups -OCH3 is 1. The van der Waals surface area contributed by atoms with Crippen LogP contribution in [-0.2, 0) is 22.4 Å². The van der Waals surface area contributed by atoms with Crippen molar-refractivity contribution >= 4 is 46.6 Å². The minimum atomic E-state index is -0.883. The van der Waals surface area contributed by atoms with Gasteiger partial charge in [-0.15, -0.1) is 0 Å². The predicted molar refractivity (Wildman–Crippen MR) is 110 cm³/mol. The van der Waals surface area contributed by atoms with Crippen LogP contribution >= 0.6 is 23.2 Å². The Balaban J connectivity index is 1.58. The lowest BCUT2D eigenvalue weighted by Crippen LogP contribution is -2.48. The lowest BCUT2D eigenvalue weighted by atomic mass is 10.1. The van der Waals surface area contributed by atoms with Crippen LogP contribution in [0.5, 0.6) is 0 Å². The molecule has 0 fully saturated rings. The van der Waals surface area contributed by atoms with Gasteiger partial charge < -0.3 is 15.4 Å². The van der Waals surface area contributed by atoms with E-state index >= 15 is 0 Å². The number of rotatable bonds is 6. The number of benzene rings is 2. The number of esters is 1. The molecule has 2 N–H and O–H groups in total. The number of nitrogens with zero attached hydrogens (tertiary/aromatic N) is 1. The molecule has 0 saturated heterocycles. The molecule has 1 aliphatic heterocycles. The van der Waals surface area contributed by atoms with Crippen LogP contribution in [0, 0.1) is 0 Å². The summed E-state index contributed by atoms with van der Waals surface area (Å²) < 4.78 is 4.79. The zero-order valence-electron chi connectivity index (χ0n) is 15.2. The third-order valence-electron chi connectivity index (χ3n) is 4.35. The van der Waals surface area contributed by atoms with Crippen molar-refractivity contribution in [2.24, 2.45) is 4.99 Å². The number of nitrogens with one attached hydrogen (secondary N) is 2. The quantitative estimate of drug-likeness (QED) is 0.700. The Labute approximate surface area is 172 Å². The van der Waals surface area contributed by atoms with Crippen LogP contribution in [0.3, 0.4) is 0 Å². The van der Waals surface area contributed by atoms with Crippen molar-refractivity contribution in [1.82, 2.24) is 10.6 Å². The molecule has 2 amide bonds. The van der Waals surface area contributed by atoms with E-state index in [2.05, 4.69) is 15.6 Å².